The summed E-state index contributed by atoms with van der Waals surface area (Å²) in [5.41, 5.74) is 0.425. The highest BCUT2D eigenvalue weighted by Crippen LogP contribution is 2.30. The molecule has 0 aliphatic carbocycles. The molecule has 0 aliphatic heterocycles. The van der Waals surface area contributed by atoms with Crippen LogP contribution in [-0.2, 0) is 14.8 Å². The predicted molar refractivity (Wildman–Crippen MR) is 104 cm³/mol. The minimum Gasteiger partial charge on any atom is -0.490 e. The molecule has 2 aromatic rings. The third-order valence-electron chi connectivity index (χ3n) is 3.72. The number of carbonyl (C=O) groups is 1. The van der Waals surface area contributed by atoms with E-state index in [2.05, 4.69) is 5.32 Å². The van der Waals surface area contributed by atoms with Gasteiger partial charge in [-0.2, -0.15) is 4.31 Å². The molecule has 0 aromatic heterocycles. The number of likely N-dealkylation sites (N-methyl/N-ethyl adjacent to an activating group) is 1. The van der Waals surface area contributed by atoms with Crippen molar-refractivity contribution < 1.29 is 27.1 Å². The first-order valence-electron chi connectivity index (χ1n) is 8.70. The maximum absolute atomic E-state index is 13.8. The van der Waals surface area contributed by atoms with Crippen molar-refractivity contribution in [2.75, 3.05) is 32.1 Å². The number of carbonyl (C=O) groups excluding carboxylic acids is 1. The number of anilines is 1. The summed E-state index contributed by atoms with van der Waals surface area (Å²) in [7, 11) is -2.92. The lowest BCUT2D eigenvalue weighted by Crippen LogP contribution is -2.35. The average molecular weight is 410 g/mol. The Balaban J connectivity index is 2.11. The van der Waals surface area contributed by atoms with Gasteiger partial charge in [0.2, 0.25) is 15.9 Å². The molecule has 0 saturated heterocycles. The minimum absolute atomic E-state index is 0.418. The molecule has 0 atom stereocenters. The maximum Gasteiger partial charge on any atom is 0.246 e. The van der Waals surface area contributed by atoms with E-state index < -0.39 is 33.2 Å². The van der Waals surface area contributed by atoms with Crippen LogP contribution in [0.3, 0.4) is 0 Å². The first-order valence-corrected chi connectivity index (χ1v) is 10.1. The second-order valence-corrected chi connectivity index (χ2v) is 7.78. The number of ether oxygens (including phenoxy) is 2. The smallest absolute Gasteiger partial charge is 0.246 e. The molecule has 9 heteroatoms. The maximum atomic E-state index is 13.8. The van der Waals surface area contributed by atoms with Gasteiger partial charge in [0.05, 0.1) is 19.8 Å². The van der Waals surface area contributed by atoms with Crippen LogP contribution in [0, 0.1) is 5.82 Å². The Kier molecular flexibility index (Phi) is 7.36. The fourth-order valence-corrected chi connectivity index (χ4v) is 3.63. The van der Waals surface area contributed by atoms with Crippen molar-refractivity contribution in [2.24, 2.45) is 0 Å². The number of halogens is 1. The van der Waals surface area contributed by atoms with E-state index in [9.17, 15) is 17.6 Å². The second-order valence-electron chi connectivity index (χ2n) is 5.77. The van der Waals surface area contributed by atoms with Gasteiger partial charge in [0.15, 0.2) is 11.5 Å². The fraction of sp³-hybridized carbons (Fsp3) is 0.316. The number of hydrogen-bond donors (Lipinski definition) is 1. The molecule has 0 radical (unpaired) electrons. The van der Waals surface area contributed by atoms with Gasteiger partial charge in [-0.05, 0) is 38.1 Å². The van der Waals surface area contributed by atoms with E-state index in [1.54, 1.807) is 18.2 Å². The van der Waals surface area contributed by atoms with Crippen molar-refractivity contribution in [3.63, 3.8) is 0 Å². The van der Waals surface area contributed by atoms with Crippen molar-refractivity contribution in [1.82, 2.24) is 4.31 Å². The summed E-state index contributed by atoms with van der Waals surface area (Å²) in [6.45, 7) is 4.07. The Labute approximate surface area is 164 Å². The van der Waals surface area contributed by atoms with Gasteiger partial charge in [0, 0.05) is 18.8 Å². The number of rotatable bonds is 9. The molecule has 0 aliphatic rings. The van der Waals surface area contributed by atoms with E-state index in [0.29, 0.717) is 30.4 Å². The molecular formula is C19H23FN2O5S. The van der Waals surface area contributed by atoms with E-state index in [1.807, 2.05) is 13.8 Å². The molecule has 1 amide bonds. The highest BCUT2D eigenvalue weighted by Gasteiger charge is 2.25. The summed E-state index contributed by atoms with van der Waals surface area (Å²) in [5, 5.41) is 2.60. The van der Waals surface area contributed by atoms with Crippen LogP contribution in [0.2, 0.25) is 0 Å². The van der Waals surface area contributed by atoms with Crippen molar-refractivity contribution in [3.05, 3.63) is 48.3 Å². The molecule has 1 N–H and O–H groups in total. The van der Waals surface area contributed by atoms with E-state index >= 15 is 0 Å². The van der Waals surface area contributed by atoms with Crippen LogP contribution in [0.25, 0.3) is 0 Å². The lowest BCUT2D eigenvalue weighted by Gasteiger charge is -2.18. The molecule has 0 heterocycles. The molecule has 0 saturated carbocycles. The summed E-state index contributed by atoms with van der Waals surface area (Å²) >= 11 is 0. The average Bonchev–Trinajstić information content (AvgIpc) is 2.64. The first kappa shape index (κ1) is 21.6. The van der Waals surface area contributed by atoms with Gasteiger partial charge in [-0.25, -0.2) is 12.8 Å². The van der Waals surface area contributed by atoms with Crippen LogP contribution in [0.1, 0.15) is 13.8 Å². The molecule has 28 heavy (non-hydrogen) atoms. The van der Waals surface area contributed by atoms with Gasteiger partial charge in [-0.1, -0.05) is 12.1 Å². The van der Waals surface area contributed by atoms with Crippen molar-refractivity contribution >= 4 is 21.6 Å². The SMILES string of the molecule is CCOc1ccc(NC(=O)CN(C)S(=O)(=O)c2ccccc2F)cc1OCC. The number of sulfonamides is 1. The number of benzene rings is 2. The summed E-state index contributed by atoms with van der Waals surface area (Å²) in [4.78, 5) is 11.8. The molecule has 0 fully saturated rings. The quantitative estimate of drug-likeness (QED) is 0.687. The standard InChI is InChI=1S/C19H23FN2O5S/c1-4-26-16-11-10-14(12-17(16)27-5-2)21-19(23)13-22(3)28(24,25)18-9-7-6-8-15(18)20/h6-12H,4-5,13H2,1-3H3,(H,21,23). The van der Waals surface area contributed by atoms with Gasteiger partial charge < -0.3 is 14.8 Å². The number of nitrogens with zero attached hydrogens (tertiary/aromatic N) is 1. The van der Waals surface area contributed by atoms with Crippen molar-refractivity contribution in [2.45, 2.75) is 18.7 Å². The second kappa shape index (κ2) is 9.52. The van der Waals surface area contributed by atoms with Gasteiger partial charge in [0.1, 0.15) is 10.7 Å². The summed E-state index contributed by atoms with van der Waals surface area (Å²) in [5.74, 6) is -0.437. The Morgan fingerprint density at radius 1 is 1.07 bits per heavy atom. The van der Waals surface area contributed by atoms with Gasteiger partial charge in [0.25, 0.3) is 0 Å². The predicted octanol–water partition coefficient (Wildman–Crippen LogP) is 2.88. The topological polar surface area (TPSA) is 84.9 Å². The molecule has 2 aromatic carbocycles. The largest absolute Gasteiger partial charge is 0.490 e. The van der Waals surface area contributed by atoms with Gasteiger partial charge >= 0.3 is 0 Å². The normalized spacial score (nSPS) is 11.3. The molecule has 0 unspecified atom stereocenters. The first-order chi connectivity index (χ1) is 13.3. The monoisotopic (exact) mass is 410 g/mol. The zero-order chi connectivity index (χ0) is 20.7. The third-order valence-corrected chi connectivity index (χ3v) is 5.55. The fourth-order valence-electron chi connectivity index (χ4n) is 2.44. The van der Waals surface area contributed by atoms with Crippen LogP contribution in [0.4, 0.5) is 10.1 Å². The number of nitrogens with one attached hydrogen (secondary N) is 1. The number of hydrogen-bond acceptors (Lipinski definition) is 5. The Hall–Kier alpha value is -2.65. The van der Waals surface area contributed by atoms with Crippen molar-refractivity contribution in [3.8, 4) is 11.5 Å². The molecule has 2 rings (SSSR count). The molecule has 7 nitrogen and oxygen atoms in total. The molecule has 0 spiro atoms. The lowest BCUT2D eigenvalue weighted by atomic mass is 10.2. The highest BCUT2D eigenvalue weighted by atomic mass is 32.2. The van der Waals surface area contributed by atoms with Crippen LogP contribution >= 0.6 is 0 Å². The summed E-state index contributed by atoms with van der Waals surface area (Å²) in [6, 6.07) is 9.89. The van der Waals surface area contributed by atoms with Gasteiger partial charge in [-0.15, -0.1) is 0 Å². The van der Waals surface area contributed by atoms with Crippen LogP contribution < -0.4 is 14.8 Å². The molecule has 0 bridgehead atoms. The van der Waals surface area contributed by atoms with E-state index in [1.165, 1.54) is 19.2 Å². The zero-order valence-electron chi connectivity index (χ0n) is 15.9. The van der Waals surface area contributed by atoms with Crippen LogP contribution in [0.5, 0.6) is 11.5 Å². The Morgan fingerprint density at radius 2 is 1.71 bits per heavy atom. The highest BCUT2D eigenvalue weighted by molar-refractivity contribution is 7.89. The van der Waals surface area contributed by atoms with E-state index in [-0.39, 0.29) is 0 Å². The lowest BCUT2D eigenvalue weighted by molar-refractivity contribution is -0.116. The van der Waals surface area contributed by atoms with E-state index in [4.69, 9.17) is 9.47 Å². The minimum atomic E-state index is -4.14. The zero-order valence-corrected chi connectivity index (χ0v) is 16.8. The van der Waals surface area contributed by atoms with Crippen molar-refractivity contribution in [1.29, 1.82) is 0 Å². The Bertz CT molecular complexity index is 934. The Morgan fingerprint density at radius 3 is 2.36 bits per heavy atom. The van der Waals surface area contributed by atoms with Gasteiger partial charge in [-0.3, -0.25) is 4.79 Å². The molecular weight excluding hydrogens is 387 g/mol. The van der Waals surface area contributed by atoms with Crippen LogP contribution in [-0.4, -0.2) is 45.4 Å². The summed E-state index contributed by atoms with van der Waals surface area (Å²) in [6.07, 6.45) is 0. The number of amides is 1. The summed E-state index contributed by atoms with van der Waals surface area (Å²) < 4.78 is 50.5. The van der Waals surface area contributed by atoms with E-state index in [0.717, 1.165) is 16.4 Å². The van der Waals surface area contributed by atoms with Crippen LogP contribution in [0.15, 0.2) is 47.4 Å². The molecule has 152 valence electrons. The third kappa shape index (κ3) is 5.20.